The van der Waals surface area contributed by atoms with Gasteiger partial charge in [-0.25, -0.2) is 14.4 Å². The minimum atomic E-state index is -1.10. The van der Waals surface area contributed by atoms with Crippen molar-refractivity contribution in [3.05, 3.63) is 40.5 Å². The van der Waals surface area contributed by atoms with Crippen molar-refractivity contribution in [2.45, 2.75) is 13.5 Å². The lowest BCUT2D eigenvalue weighted by Crippen LogP contribution is -2.05. The number of halogens is 1. The molecule has 10 heteroatoms. The van der Waals surface area contributed by atoms with Crippen LogP contribution in [0.2, 0.25) is 0 Å². The van der Waals surface area contributed by atoms with Crippen molar-refractivity contribution < 1.29 is 14.5 Å². The summed E-state index contributed by atoms with van der Waals surface area (Å²) in [5, 5.41) is 17.0. The molecule has 4 aromatic rings. The molecule has 0 radical (unpaired) electrons. The molecule has 0 fully saturated rings. The zero-order valence-corrected chi connectivity index (χ0v) is 15.6. The lowest BCUT2D eigenvalue weighted by atomic mass is 10.1. The summed E-state index contributed by atoms with van der Waals surface area (Å²) in [7, 11) is 0. The highest BCUT2D eigenvalue weighted by Gasteiger charge is 2.25. The standard InChI is InChI=1S/C17H13BrN6O3/c1-2-24-14-10(17(25)26)7-20-11(8-4-3-5-9(18)6-8)12(14)21-16(24)13-15(19)23-27-22-13/h3-7H,2H2,1H3,(H2,19,23)(H,25,26). The number of nitrogens with zero attached hydrogens (tertiary/aromatic N) is 5. The molecule has 27 heavy (non-hydrogen) atoms. The number of aromatic nitrogens is 5. The van der Waals surface area contributed by atoms with E-state index in [1.165, 1.54) is 6.20 Å². The number of aryl methyl sites for hydroxylation is 1. The summed E-state index contributed by atoms with van der Waals surface area (Å²) in [6.07, 6.45) is 1.34. The van der Waals surface area contributed by atoms with Crippen LogP contribution in [0, 0.1) is 0 Å². The van der Waals surface area contributed by atoms with Crippen LogP contribution in [0.1, 0.15) is 17.3 Å². The molecule has 0 amide bonds. The van der Waals surface area contributed by atoms with Crippen LogP contribution >= 0.6 is 15.9 Å². The van der Waals surface area contributed by atoms with E-state index in [4.69, 9.17) is 5.73 Å². The van der Waals surface area contributed by atoms with Crippen LogP contribution in [-0.4, -0.2) is 35.9 Å². The Balaban J connectivity index is 2.11. The summed E-state index contributed by atoms with van der Waals surface area (Å²) in [5.74, 6) is -0.646. The number of nitrogen functional groups attached to an aromatic ring is 1. The Bertz CT molecular complexity index is 1180. The number of carboxylic acids is 1. The van der Waals surface area contributed by atoms with E-state index in [0.717, 1.165) is 10.0 Å². The number of fused-ring (bicyclic) bond motifs is 1. The van der Waals surface area contributed by atoms with E-state index >= 15 is 0 Å². The predicted octanol–water partition coefficient (Wildman–Crippen LogP) is 3.21. The van der Waals surface area contributed by atoms with Gasteiger partial charge in [-0.05, 0) is 29.4 Å². The first-order valence-electron chi connectivity index (χ1n) is 7.98. The Hall–Kier alpha value is -3.27. The molecule has 0 aliphatic carbocycles. The third-order valence-corrected chi connectivity index (χ3v) is 4.63. The molecule has 136 valence electrons. The Morgan fingerprint density at radius 2 is 2.15 bits per heavy atom. The van der Waals surface area contributed by atoms with Crippen LogP contribution in [0.25, 0.3) is 33.8 Å². The van der Waals surface area contributed by atoms with Gasteiger partial charge in [0.05, 0.1) is 11.2 Å². The number of carboxylic acid groups (broad SMARTS) is 1. The Morgan fingerprint density at radius 3 is 2.78 bits per heavy atom. The SMILES string of the molecule is CCn1c(-c2nonc2N)nc2c(-c3cccc(Br)c3)ncc(C(=O)O)c21. The van der Waals surface area contributed by atoms with Crippen LogP contribution in [-0.2, 0) is 6.54 Å². The monoisotopic (exact) mass is 428 g/mol. The van der Waals surface area contributed by atoms with E-state index in [1.807, 2.05) is 31.2 Å². The number of anilines is 1. The molecular weight excluding hydrogens is 416 g/mol. The summed E-state index contributed by atoms with van der Waals surface area (Å²) in [6, 6.07) is 7.53. The van der Waals surface area contributed by atoms with Gasteiger partial charge in [-0.15, -0.1) is 0 Å². The molecule has 1 aromatic carbocycles. The zero-order valence-electron chi connectivity index (χ0n) is 14.0. The third-order valence-electron chi connectivity index (χ3n) is 4.14. The average Bonchev–Trinajstić information content (AvgIpc) is 3.23. The minimum absolute atomic E-state index is 0.0411. The van der Waals surface area contributed by atoms with E-state index in [9.17, 15) is 9.90 Å². The molecule has 3 aromatic heterocycles. The third kappa shape index (κ3) is 2.74. The summed E-state index contributed by atoms with van der Waals surface area (Å²) >= 11 is 3.44. The number of imidazole rings is 1. The Kier molecular flexibility index (Phi) is 4.11. The van der Waals surface area contributed by atoms with Crippen molar-refractivity contribution >= 4 is 38.8 Å². The van der Waals surface area contributed by atoms with Crippen LogP contribution < -0.4 is 5.73 Å². The van der Waals surface area contributed by atoms with Crippen molar-refractivity contribution in [1.29, 1.82) is 0 Å². The molecule has 3 heterocycles. The fourth-order valence-corrected chi connectivity index (χ4v) is 3.38. The van der Waals surface area contributed by atoms with Crippen LogP contribution in [0.3, 0.4) is 0 Å². The summed E-state index contributed by atoms with van der Waals surface area (Å²) in [6.45, 7) is 2.32. The fraction of sp³-hybridized carbons (Fsp3) is 0.118. The first-order chi connectivity index (χ1) is 13.0. The van der Waals surface area contributed by atoms with Gasteiger partial charge in [0.1, 0.15) is 11.1 Å². The molecule has 0 aliphatic heterocycles. The Morgan fingerprint density at radius 1 is 1.33 bits per heavy atom. The molecule has 0 saturated carbocycles. The van der Waals surface area contributed by atoms with E-state index in [2.05, 4.69) is 40.8 Å². The largest absolute Gasteiger partial charge is 0.478 e. The number of rotatable bonds is 4. The molecule has 4 rings (SSSR count). The molecule has 0 aliphatic rings. The molecule has 9 nitrogen and oxygen atoms in total. The van der Waals surface area contributed by atoms with Gasteiger partial charge in [0, 0.05) is 22.8 Å². The maximum absolute atomic E-state index is 11.8. The van der Waals surface area contributed by atoms with Gasteiger partial charge in [0.15, 0.2) is 17.3 Å². The maximum Gasteiger partial charge on any atom is 0.339 e. The fourth-order valence-electron chi connectivity index (χ4n) is 2.99. The number of pyridine rings is 1. The average molecular weight is 429 g/mol. The van der Waals surface area contributed by atoms with Crippen molar-refractivity contribution in [3.8, 4) is 22.8 Å². The van der Waals surface area contributed by atoms with Gasteiger partial charge in [0.2, 0.25) is 0 Å². The normalized spacial score (nSPS) is 11.2. The zero-order chi connectivity index (χ0) is 19.1. The number of aromatic carboxylic acids is 1. The number of hydrogen-bond acceptors (Lipinski definition) is 7. The maximum atomic E-state index is 11.8. The topological polar surface area (TPSA) is 133 Å². The van der Waals surface area contributed by atoms with Gasteiger partial charge in [-0.3, -0.25) is 4.98 Å². The summed E-state index contributed by atoms with van der Waals surface area (Å²) < 4.78 is 7.28. The van der Waals surface area contributed by atoms with Crippen molar-refractivity contribution in [2.75, 3.05) is 5.73 Å². The number of carbonyl (C=O) groups is 1. The van der Waals surface area contributed by atoms with Crippen LogP contribution in [0.5, 0.6) is 0 Å². The van der Waals surface area contributed by atoms with Gasteiger partial charge in [-0.1, -0.05) is 28.1 Å². The van der Waals surface area contributed by atoms with Gasteiger partial charge < -0.3 is 15.4 Å². The van der Waals surface area contributed by atoms with Crippen LogP contribution in [0.4, 0.5) is 5.82 Å². The highest BCUT2D eigenvalue weighted by Crippen LogP contribution is 2.34. The second-order valence-electron chi connectivity index (χ2n) is 5.71. The van der Waals surface area contributed by atoms with E-state index in [-0.39, 0.29) is 17.1 Å². The van der Waals surface area contributed by atoms with Crippen LogP contribution in [0.15, 0.2) is 39.6 Å². The quantitative estimate of drug-likeness (QED) is 0.505. The second kappa shape index (κ2) is 6.47. The predicted molar refractivity (Wildman–Crippen MR) is 101 cm³/mol. The molecule has 0 atom stereocenters. The van der Waals surface area contributed by atoms with Crippen molar-refractivity contribution in [3.63, 3.8) is 0 Å². The second-order valence-corrected chi connectivity index (χ2v) is 6.63. The molecule has 0 unspecified atom stereocenters. The number of benzene rings is 1. The smallest absolute Gasteiger partial charge is 0.339 e. The van der Waals surface area contributed by atoms with Gasteiger partial charge in [0.25, 0.3) is 0 Å². The van der Waals surface area contributed by atoms with Crippen molar-refractivity contribution in [2.24, 2.45) is 0 Å². The van der Waals surface area contributed by atoms with Gasteiger partial charge >= 0.3 is 5.97 Å². The molecule has 0 spiro atoms. The molecule has 0 bridgehead atoms. The summed E-state index contributed by atoms with van der Waals surface area (Å²) in [4.78, 5) is 20.8. The minimum Gasteiger partial charge on any atom is -0.478 e. The lowest BCUT2D eigenvalue weighted by Gasteiger charge is -2.08. The first-order valence-corrected chi connectivity index (χ1v) is 8.77. The first kappa shape index (κ1) is 17.2. The molecular formula is C17H13BrN6O3. The van der Waals surface area contributed by atoms with Crippen molar-refractivity contribution in [1.82, 2.24) is 24.8 Å². The number of nitrogens with two attached hydrogens (primary N) is 1. The highest BCUT2D eigenvalue weighted by atomic mass is 79.9. The summed E-state index contributed by atoms with van der Waals surface area (Å²) in [5.41, 5.74) is 8.35. The number of hydrogen-bond donors (Lipinski definition) is 2. The molecule has 0 saturated heterocycles. The Labute approximate surface area is 160 Å². The van der Waals surface area contributed by atoms with E-state index in [1.54, 1.807) is 4.57 Å². The molecule has 3 N–H and O–H groups in total. The van der Waals surface area contributed by atoms with E-state index in [0.29, 0.717) is 29.1 Å². The van der Waals surface area contributed by atoms with E-state index < -0.39 is 5.97 Å². The highest BCUT2D eigenvalue weighted by molar-refractivity contribution is 9.10. The van der Waals surface area contributed by atoms with Gasteiger partial charge in [-0.2, -0.15) is 0 Å². The lowest BCUT2D eigenvalue weighted by molar-refractivity contribution is 0.0698.